The molecule has 0 radical (unpaired) electrons. The second-order valence-corrected chi connectivity index (χ2v) is 6.15. The molecule has 18 heavy (non-hydrogen) atoms. The SMILES string of the molecule is CCCC(CN)(CCC)C(=O)N1CC(C)C(C)C1. The molecule has 106 valence electrons. The third-order valence-corrected chi connectivity index (χ3v) is 4.58. The molecule has 0 bridgehead atoms. The lowest BCUT2D eigenvalue weighted by atomic mass is 9.78. The second-order valence-electron chi connectivity index (χ2n) is 6.15. The number of likely N-dealkylation sites (tertiary alicyclic amines) is 1. The Balaban J connectivity index is 2.82. The molecule has 2 atom stereocenters. The number of hydrogen-bond acceptors (Lipinski definition) is 2. The number of carbonyl (C=O) groups excluding carboxylic acids is 1. The lowest BCUT2D eigenvalue weighted by Gasteiger charge is -2.35. The van der Waals surface area contributed by atoms with Crippen molar-refractivity contribution < 1.29 is 4.79 Å². The molecule has 1 heterocycles. The molecule has 0 spiro atoms. The molecule has 2 unspecified atom stereocenters. The highest BCUT2D eigenvalue weighted by Gasteiger charge is 2.41. The lowest BCUT2D eigenvalue weighted by molar-refractivity contribution is -0.141. The Morgan fingerprint density at radius 3 is 1.94 bits per heavy atom. The first-order valence-corrected chi connectivity index (χ1v) is 7.50. The van der Waals surface area contributed by atoms with E-state index in [2.05, 4.69) is 32.6 Å². The van der Waals surface area contributed by atoms with Gasteiger partial charge in [0.1, 0.15) is 0 Å². The van der Waals surface area contributed by atoms with Crippen LogP contribution in [0.1, 0.15) is 53.4 Å². The van der Waals surface area contributed by atoms with Crippen molar-refractivity contribution in [2.24, 2.45) is 23.0 Å². The van der Waals surface area contributed by atoms with E-state index < -0.39 is 0 Å². The number of hydrogen-bond donors (Lipinski definition) is 1. The van der Waals surface area contributed by atoms with Crippen molar-refractivity contribution in [1.29, 1.82) is 0 Å². The molecule has 1 fully saturated rings. The van der Waals surface area contributed by atoms with Crippen molar-refractivity contribution in [2.75, 3.05) is 19.6 Å². The summed E-state index contributed by atoms with van der Waals surface area (Å²) in [4.78, 5) is 14.9. The van der Waals surface area contributed by atoms with Gasteiger partial charge in [-0.1, -0.05) is 40.5 Å². The van der Waals surface area contributed by atoms with Gasteiger partial charge in [-0.15, -0.1) is 0 Å². The van der Waals surface area contributed by atoms with E-state index in [-0.39, 0.29) is 5.41 Å². The van der Waals surface area contributed by atoms with Crippen LogP contribution in [-0.4, -0.2) is 30.4 Å². The molecule has 1 rings (SSSR count). The zero-order chi connectivity index (χ0) is 13.8. The highest BCUT2D eigenvalue weighted by atomic mass is 16.2. The fourth-order valence-corrected chi connectivity index (χ4v) is 3.22. The largest absolute Gasteiger partial charge is 0.342 e. The minimum Gasteiger partial charge on any atom is -0.342 e. The van der Waals surface area contributed by atoms with E-state index in [1.807, 2.05) is 0 Å². The van der Waals surface area contributed by atoms with E-state index in [9.17, 15) is 4.79 Å². The molecule has 3 nitrogen and oxygen atoms in total. The predicted octanol–water partition coefficient (Wildman–Crippen LogP) is 2.65. The number of rotatable bonds is 6. The number of nitrogens with zero attached hydrogens (tertiary/aromatic N) is 1. The Morgan fingerprint density at radius 1 is 1.17 bits per heavy atom. The number of amides is 1. The maximum atomic E-state index is 12.8. The number of carbonyl (C=O) groups is 1. The monoisotopic (exact) mass is 254 g/mol. The summed E-state index contributed by atoms with van der Waals surface area (Å²) in [5, 5.41) is 0. The average molecular weight is 254 g/mol. The number of nitrogens with two attached hydrogens (primary N) is 1. The van der Waals surface area contributed by atoms with Gasteiger partial charge in [-0.3, -0.25) is 4.79 Å². The van der Waals surface area contributed by atoms with Gasteiger partial charge in [0, 0.05) is 19.6 Å². The van der Waals surface area contributed by atoms with Gasteiger partial charge in [0.25, 0.3) is 0 Å². The first-order chi connectivity index (χ1) is 8.50. The standard InChI is InChI=1S/C15H30N2O/c1-5-7-15(11-16,8-6-2)14(18)17-9-12(3)13(4)10-17/h12-13H,5-11,16H2,1-4H3. The topological polar surface area (TPSA) is 46.3 Å². The van der Waals surface area contributed by atoms with Crippen LogP contribution in [0, 0.1) is 17.3 Å². The van der Waals surface area contributed by atoms with E-state index in [4.69, 9.17) is 5.73 Å². The Kier molecular flexibility index (Phi) is 5.64. The molecular formula is C15H30N2O. The quantitative estimate of drug-likeness (QED) is 0.792. The van der Waals surface area contributed by atoms with Crippen LogP contribution in [0.2, 0.25) is 0 Å². The first-order valence-electron chi connectivity index (χ1n) is 7.50. The van der Waals surface area contributed by atoms with Gasteiger partial charge in [0.05, 0.1) is 5.41 Å². The molecule has 2 N–H and O–H groups in total. The molecule has 0 saturated carbocycles. The summed E-state index contributed by atoms with van der Waals surface area (Å²) in [5.74, 6) is 1.55. The van der Waals surface area contributed by atoms with Gasteiger partial charge < -0.3 is 10.6 Å². The Morgan fingerprint density at radius 2 is 1.61 bits per heavy atom. The fourth-order valence-electron chi connectivity index (χ4n) is 3.22. The van der Waals surface area contributed by atoms with Gasteiger partial charge in [0.2, 0.25) is 5.91 Å². The molecule has 3 heteroatoms. The molecule has 0 aromatic heterocycles. The van der Waals surface area contributed by atoms with Crippen LogP contribution in [0.4, 0.5) is 0 Å². The van der Waals surface area contributed by atoms with Crippen molar-refractivity contribution in [1.82, 2.24) is 4.90 Å². The normalized spacial score (nSPS) is 24.6. The minimum atomic E-state index is -0.298. The summed E-state index contributed by atoms with van der Waals surface area (Å²) in [5.41, 5.74) is 5.67. The van der Waals surface area contributed by atoms with Crippen LogP contribution in [-0.2, 0) is 4.79 Å². The van der Waals surface area contributed by atoms with E-state index in [1.165, 1.54) is 0 Å². The first kappa shape index (κ1) is 15.5. The van der Waals surface area contributed by atoms with Crippen LogP contribution in [0.15, 0.2) is 0 Å². The molecular weight excluding hydrogens is 224 g/mol. The average Bonchev–Trinajstić information content (AvgIpc) is 2.68. The summed E-state index contributed by atoms with van der Waals surface area (Å²) in [7, 11) is 0. The Labute approximate surface area is 112 Å². The van der Waals surface area contributed by atoms with Gasteiger partial charge >= 0.3 is 0 Å². The van der Waals surface area contributed by atoms with Gasteiger partial charge in [-0.05, 0) is 24.7 Å². The van der Waals surface area contributed by atoms with Gasteiger partial charge in [0.15, 0.2) is 0 Å². The maximum Gasteiger partial charge on any atom is 0.230 e. The summed E-state index contributed by atoms with van der Waals surface area (Å²) >= 11 is 0. The van der Waals surface area contributed by atoms with Crippen LogP contribution >= 0.6 is 0 Å². The highest BCUT2D eigenvalue weighted by molar-refractivity contribution is 5.83. The molecule has 1 aliphatic rings. The minimum absolute atomic E-state index is 0.298. The zero-order valence-corrected chi connectivity index (χ0v) is 12.5. The maximum absolute atomic E-state index is 12.8. The smallest absolute Gasteiger partial charge is 0.230 e. The summed E-state index contributed by atoms with van der Waals surface area (Å²) in [6, 6.07) is 0. The van der Waals surface area contributed by atoms with E-state index in [0.717, 1.165) is 38.8 Å². The van der Waals surface area contributed by atoms with Crippen LogP contribution < -0.4 is 5.73 Å². The summed E-state index contributed by atoms with van der Waals surface area (Å²) in [6.07, 6.45) is 3.91. The predicted molar refractivity (Wildman–Crippen MR) is 76.2 cm³/mol. The van der Waals surface area contributed by atoms with Crippen LogP contribution in [0.25, 0.3) is 0 Å². The summed E-state index contributed by atoms with van der Waals surface area (Å²) in [6.45, 7) is 11.1. The highest BCUT2D eigenvalue weighted by Crippen LogP contribution is 2.34. The Bertz CT molecular complexity index is 262. The molecule has 0 aromatic carbocycles. The van der Waals surface area contributed by atoms with Crippen LogP contribution in [0.3, 0.4) is 0 Å². The molecule has 1 saturated heterocycles. The summed E-state index contributed by atoms with van der Waals surface area (Å²) < 4.78 is 0. The fraction of sp³-hybridized carbons (Fsp3) is 0.933. The zero-order valence-electron chi connectivity index (χ0n) is 12.5. The molecule has 0 aromatic rings. The molecule has 1 aliphatic heterocycles. The van der Waals surface area contributed by atoms with Crippen molar-refractivity contribution in [3.05, 3.63) is 0 Å². The van der Waals surface area contributed by atoms with E-state index >= 15 is 0 Å². The lowest BCUT2D eigenvalue weighted by Crippen LogP contribution is -2.47. The van der Waals surface area contributed by atoms with Gasteiger partial charge in [-0.2, -0.15) is 0 Å². The molecule has 0 aliphatic carbocycles. The Hall–Kier alpha value is -0.570. The van der Waals surface area contributed by atoms with E-state index in [0.29, 0.717) is 24.3 Å². The van der Waals surface area contributed by atoms with Crippen molar-refractivity contribution in [3.63, 3.8) is 0 Å². The third kappa shape index (κ3) is 3.05. The molecule has 1 amide bonds. The van der Waals surface area contributed by atoms with Crippen molar-refractivity contribution >= 4 is 5.91 Å². The van der Waals surface area contributed by atoms with Crippen LogP contribution in [0.5, 0.6) is 0 Å². The third-order valence-electron chi connectivity index (χ3n) is 4.58. The van der Waals surface area contributed by atoms with E-state index in [1.54, 1.807) is 0 Å². The second kappa shape index (κ2) is 6.55. The van der Waals surface area contributed by atoms with Gasteiger partial charge in [-0.25, -0.2) is 0 Å². The van der Waals surface area contributed by atoms with Crippen molar-refractivity contribution in [3.8, 4) is 0 Å². The van der Waals surface area contributed by atoms with Crippen molar-refractivity contribution in [2.45, 2.75) is 53.4 Å².